The molecule has 3 saturated carbocycles. The van der Waals surface area contributed by atoms with Crippen molar-refractivity contribution in [2.45, 2.75) is 111 Å². The third kappa shape index (κ3) is 4.83. The van der Waals surface area contributed by atoms with E-state index in [2.05, 4.69) is 26.8 Å². The molecule has 9 atom stereocenters. The highest BCUT2D eigenvalue weighted by Crippen LogP contribution is 2.67. The number of hydrogen-bond donors (Lipinski definition) is 2. The van der Waals surface area contributed by atoms with E-state index < -0.39 is 16.5 Å². The maximum atomic E-state index is 11.3. The molecule has 6 heteroatoms. The Balaban J connectivity index is 1.45. The van der Waals surface area contributed by atoms with E-state index in [4.69, 9.17) is 8.74 Å². The van der Waals surface area contributed by atoms with E-state index in [9.17, 15) is 13.5 Å². The molecule has 0 saturated heterocycles. The predicted octanol–water partition coefficient (Wildman–Crippen LogP) is 6.19. The fourth-order valence-corrected chi connectivity index (χ4v) is 9.52. The topological polar surface area (TPSA) is 83.8 Å². The van der Waals surface area contributed by atoms with Crippen LogP contribution in [0.15, 0.2) is 11.6 Å². The lowest BCUT2D eigenvalue weighted by Crippen LogP contribution is -2.50. The van der Waals surface area contributed by atoms with Crippen LogP contribution in [-0.2, 0) is 14.6 Å². The van der Waals surface area contributed by atoms with Crippen LogP contribution in [0.4, 0.5) is 0 Å². The van der Waals surface area contributed by atoms with E-state index in [0.29, 0.717) is 23.7 Å². The summed E-state index contributed by atoms with van der Waals surface area (Å²) in [5, 5.41) is 10.2. The first kappa shape index (κ1) is 25.7. The minimum absolute atomic E-state index is 0.0412. The van der Waals surface area contributed by atoms with Crippen LogP contribution in [0, 0.1) is 46.3 Å². The molecule has 0 spiro atoms. The van der Waals surface area contributed by atoms with Crippen molar-refractivity contribution in [1.82, 2.24) is 0 Å². The Labute approximate surface area is 201 Å². The van der Waals surface area contributed by atoms with Crippen LogP contribution in [0.5, 0.6) is 0 Å². The summed E-state index contributed by atoms with van der Waals surface area (Å²) >= 11 is 0. The molecule has 4 rings (SSSR count). The quantitative estimate of drug-likeness (QED) is 0.334. The molecule has 0 aromatic carbocycles. The average Bonchev–Trinajstić information content (AvgIpc) is 3.07. The number of hydrogen-bond acceptors (Lipinski definition) is 4. The smallest absolute Gasteiger partial charge is 0.393 e. The third-order valence-corrected chi connectivity index (χ3v) is 11.2. The third-order valence-electron chi connectivity index (χ3n) is 10.7. The second kappa shape index (κ2) is 9.22. The Hall–Kier alpha value is -0.430. The minimum Gasteiger partial charge on any atom is -0.393 e. The summed E-state index contributed by atoms with van der Waals surface area (Å²) in [6.07, 6.45) is 12.8. The van der Waals surface area contributed by atoms with Gasteiger partial charge in [-0.3, -0.25) is 4.55 Å². The minimum atomic E-state index is -4.42. The van der Waals surface area contributed by atoms with Gasteiger partial charge in [-0.25, -0.2) is 4.18 Å². The van der Waals surface area contributed by atoms with Crippen molar-refractivity contribution in [3.05, 3.63) is 11.6 Å². The SMILES string of the molecule is CC(C)[C@H](CC[C@@H](C)[C@H]1CC[C@H]2[C@@H]3CC=C4C[C@@H](O)CC[C@]4(C)[C@H]3CC[C@]12C)OS(=O)(=O)O. The number of aliphatic hydroxyl groups excluding tert-OH is 1. The molecule has 4 aliphatic carbocycles. The van der Waals surface area contributed by atoms with Crippen LogP contribution in [0.3, 0.4) is 0 Å². The molecule has 190 valence electrons. The van der Waals surface area contributed by atoms with E-state index in [1.165, 1.54) is 37.7 Å². The normalized spacial score (nSPS) is 42.8. The fraction of sp³-hybridized carbons (Fsp3) is 0.926. The molecule has 0 bridgehead atoms. The molecule has 0 unspecified atom stereocenters. The largest absolute Gasteiger partial charge is 0.397 e. The Morgan fingerprint density at radius 1 is 1.06 bits per heavy atom. The van der Waals surface area contributed by atoms with Crippen molar-refractivity contribution < 1.29 is 22.3 Å². The summed E-state index contributed by atoms with van der Waals surface area (Å²) in [6, 6.07) is 0. The molecule has 0 aromatic heterocycles. The molecule has 0 aliphatic heterocycles. The molecule has 33 heavy (non-hydrogen) atoms. The molecule has 0 heterocycles. The predicted molar refractivity (Wildman–Crippen MR) is 131 cm³/mol. The maximum Gasteiger partial charge on any atom is 0.397 e. The van der Waals surface area contributed by atoms with Crippen molar-refractivity contribution in [2.75, 3.05) is 0 Å². The molecule has 4 aliphatic rings. The Morgan fingerprint density at radius 2 is 1.79 bits per heavy atom. The number of rotatable bonds is 7. The van der Waals surface area contributed by atoms with Crippen LogP contribution in [0.2, 0.25) is 0 Å². The molecule has 2 N–H and O–H groups in total. The van der Waals surface area contributed by atoms with Gasteiger partial charge in [0.2, 0.25) is 0 Å². The lowest BCUT2D eigenvalue weighted by atomic mass is 9.47. The lowest BCUT2D eigenvalue weighted by molar-refractivity contribution is -0.0578. The molecule has 0 radical (unpaired) electrons. The van der Waals surface area contributed by atoms with E-state index in [1.54, 1.807) is 0 Å². The maximum absolute atomic E-state index is 11.3. The van der Waals surface area contributed by atoms with Gasteiger partial charge in [-0.15, -0.1) is 0 Å². The standard InChI is InChI=1S/C27H46O5S/c1-17(2)25(32-33(29,30)31)11-6-18(3)22-9-10-23-21-8-7-19-16-20(28)12-14-26(19,4)24(21)13-15-27(22,23)5/h7,17-18,20-25,28H,6,8-16H2,1-5H3,(H,29,30,31)/t18-,20+,21+,22-,23+,24+,25+,26+,27-/m1/s1. The number of allylic oxidation sites excluding steroid dienone is 1. The van der Waals surface area contributed by atoms with Gasteiger partial charge in [0.15, 0.2) is 0 Å². The zero-order valence-corrected chi connectivity index (χ0v) is 22.1. The van der Waals surface area contributed by atoms with Gasteiger partial charge in [-0.05, 0) is 111 Å². The fourth-order valence-electron chi connectivity index (χ4n) is 8.89. The summed E-state index contributed by atoms with van der Waals surface area (Å²) in [5.41, 5.74) is 2.17. The first-order valence-electron chi connectivity index (χ1n) is 13.4. The van der Waals surface area contributed by atoms with Gasteiger partial charge in [-0.2, -0.15) is 8.42 Å². The van der Waals surface area contributed by atoms with Crippen LogP contribution in [-0.4, -0.2) is 30.3 Å². The lowest BCUT2D eigenvalue weighted by Gasteiger charge is -2.58. The van der Waals surface area contributed by atoms with Crippen LogP contribution >= 0.6 is 0 Å². The van der Waals surface area contributed by atoms with Gasteiger partial charge in [-0.1, -0.05) is 46.3 Å². The van der Waals surface area contributed by atoms with E-state index >= 15 is 0 Å². The van der Waals surface area contributed by atoms with Gasteiger partial charge in [0, 0.05) is 0 Å². The summed E-state index contributed by atoms with van der Waals surface area (Å²) in [4.78, 5) is 0. The molecular formula is C27H46O5S. The Kier molecular flexibility index (Phi) is 7.17. The summed E-state index contributed by atoms with van der Waals surface area (Å²) < 4.78 is 36.7. The number of aliphatic hydroxyl groups is 1. The zero-order chi connectivity index (χ0) is 24.2. The molecule has 0 aromatic rings. The average molecular weight is 483 g/mol. The van der Waals surface area contributed by atoms with Crippen molar-refractivity contribution in [1.29, 1.82) is 0 Å². The first-order valence-corrected chi connectivity index (χ1v) is 14.7. The van der Waals surface area contributed by atoms with Gasteiger partial charge in [0.1, 0.15) is 0 Å². The van der Waals surface area contributed by atoms with E-state index in [-0.39, 0.29) is 17.4 Å². The van der Waals surface area contributed by atoms with Crippen LogP contribution < -0.4 is 0 Å². The summed E-state index contributed by atoms with van der Waals surface area (Å²) in [5.74, 6) is 3.49. The zero-order valence-electron chi connectivity index (χ0n) is 21.3. The Bertz CT molecular complexity index is 851. The van der Waals surface area contributed by atoms with Gasteiger partial charge in [0.05, 0.1) is 12.2 Å². The highest BCUT2D eigenvalue weighted by atomic mass is 32.3. The molecule has 3 fully saturated rings. The first-order chi connectivity index (χ1) is 15.3. The number of fused-ring (bicyclic) bond motifs is 5. The molecule has 5 nitrogen and oxygen atoms in total. The van der Waals surface area contributed by atoms with Crippen LogP contribution in [0.25, 0.3) is 0 Å². The Morgan fingerprint density at radius 3 is 2.45 bits per heavy atom. The van der Waals surface area contributed by atoms with Crippen molar-refractivity contribution >= 4 is 10.4 Å². The van der Waals surface area contributed by atoms with Gasteiger partial charge in [0.25, 0.3) is 0 Å². The van der Waals surface area contributed by atoms with Crippen molar-refractivity contribution in [2.24, 2.45) is 46.3 Å². The summed E-state index contributed by atoms with van der Waals surface area (Å²) in [6.45, 7) is 11.3. The highest BCUT2D eigenvalue weighted by molar-refractivity contribution is 7.80. The molecular weight excluding hydrogens is 436 g/mol. The highest BCUT2D eigenvalue weighted by Gasteiger charge is 2.59. The van der Waals surface area contributed by atoms with Gasteiger partial charge < -0.3 is 5.11 Å². The van der Waals surface area contributed by atoms with Crippen LogP contribution in [0.1, 0.15) is 98.8 Å². The second-order valence-corrected chi connectivity index (χ2v) is 13.8. The summed E-state index contributed by atoms with van der Waals surface area (Å²) in [7, 11) is -4.42. The monoisotopic (exact) mass is 482 g/mol. The van der Waals surface area contributed by atoms with Crippen molar-refractivity contribution in [3.63, 3.8) is 0 Å². The second-order valence-electron chi connectivity index (χ2n) is 12.7. The van der Waals surface area contributed by atoms with E-state index in [0.717, 1.165) is 43.4 Å². The van der Waals surface area contributed by atoms with Gasteiger partial charge >= 0.3 is 10.4 Å². The molecule has 0 amide bonds. The van der Waals surface area contributed by atoms with Crippen molar-refractivity contribution in [3.8, 4) is 0 Å². The van der Waals surface area contributed by atoms with E-state index in [1.807, 2.05) is 13.8 Å².